The summed E-state index contributed by atoms with van der Waals surface area (Å²) in [5.41, 5.74) is 0.342. The SMILES string of the molecule is Cc1nc([C@H](NC(=O)C2CCCC2)c2ccccc2F)no1. The minimum atomic E-state index is -0.730. The summed E-state index contributed by atoms with van der Waals surface area (Å²) in [6.07, 6.45) is 3.87. The van der Waals surface area contributed by atoms with E-state index in [1.165, 1.54) is 6.07 Å². The second-order valence-corrected chi connectivity index (χ2v) is 5.62. The van der Waals surface area contributed by atoms with Crippen molar-refractivity contribution in [2.75, 3.05) is 0 Å². The van der Waals surface area contributed by atoms with Crippen molar-refractivity contribution in [2.45, 2.75) is 38.6 Å². The molecule has 1 aliphatic carbocycles. The summed E-state index contributed by atoms with van der Waals surface area (Å²) in [7, 11) is 0. The summed E-state index contributed by atoms with van der Waals surface area (Å²) in [5, 5.41) is 6.73. The zero-order valence-electron chi connectivity index (χ0n) is 12.4. The molecule has 6 heteroatoms. The number of nitrogens with one attached hydrogen (secondary N) is 1. The van der Waals surface area contributed by atoms with E-state index in [1.807, 2.05) is 0 Å². The second kappa shape index (κ2) is 6.25. The van der Waals surface area contributed by atoms with Crippen molar-refractivity contribution in [1.82, 2.24) is 15.5 Å². The van der Waals surface area contributed by atoms with Crippen LogP contribution in [0.1, 0.15) is 49.0 Å². The molecule has 0 saturated heterocycles. The molecule has 3 rings (SSSR count). The molecule has 1 saturated carbocycles. The van der Waals surface area contributed by atoms with E-state index in [4.69, 9.17) is 4.52 Å². The van der Waals surface area contributed by atoms with Gasteiger partial charge < -0.3 is 9.84 Å². The van der Waals surface area contributed by atoms with Crippen LogP contribution in [0.5, 0.6) is 0 Å². The molecule has 1 N–H and O–H groups in total. The van der Waals surface area contributed by atoms with Crippen LogP contribution in [-0.4, -0.2) is 16.0 Å². The molecule has 1 atom stereocenters. The zero-order valence-corrected chi connectivity index (χ0v) is 12.4. The van der Waals surface area contributed by atoms with E-state index in [0.29, 0.717) is 11.5 Å². The third kappa shape index (κ3) is 3.00. The van der Waals surface area contributed by atoms with Crippen molar-refractivity contribution in [2.24, 2.45) is 5.92 Å². The van der Waals surface area contributed by atoms with Gasteiger partial charge in [-0.25, -0.2) is 4.39 Å². The number of carbonyl (C=O) groups is 1. The molecular formula is C16H18FN3O2. The first-order valence-corrected chi connectivity index (χ1v) is 7.50. The van der Waals surface area contributed by atoms with E-state index in [2.05, 4.69) is 15.5 Å². The minimum absolute atomic E-state index is 0.0118. The van der Waals surface area contributed by atoms with Crippen LogP contribution < -0.4 is 5.32 Å². The fraction of sp³-hybridized carbons (Fsp3) is 0.438. The Morgan fingerprint density at radius 1 is 1.36 bits per heavy atom. The number of aromatic nitrogens is 2. The summed E-state index contributed by atoms with van der Waals surface area (Å²) >= 11 is 0. The van der Waals surface area contributed by atoms with Crippen LogP contribution in [0, 0.1) is 18.7 Å². The van der Waals surface area contributed by atoms with Gasteiger partial charge in [0.2, 0.25) is 11.8 Å². The lowest BCUT2D eigenvalue weighted by Crippen LogP contribution is -2.34. The van der Waals surface area contributed by atoms with Crippen LogP contribution in [0.15, 0.2) is 28.8 Å². The van der Waals surface area contributed by atoms with Crippen molar-refractivity contribution >= 4 is 5.91 Å². The number of rotatable bonds is 4. The van der Waals surface area contributed by atoms with Gasteiger partial charge >= 0.3 is 0 Å². The Morgan fingerprint density at radius 2 is 2.09 bits per heavy atom. The molecule has 1 fully saturated rings. The molecule has 5 nitrogen and oxygen atoms in total. The fourth-order valence-electron chi connectivity index (χ4n) is 2.87. The summed E-state index contributed by atoms with van der Waals surface area (Å²) in [6, 6.07) is 5.58. The Labute approximate surface area is 127 Å². The number of amides is 1. The molecule has 1 amide bonds. The van der Waals surface area contributed by atoms with Crippen molar-refractivity contribution in [3.05, 3.63) is 47.4 Å². The van der Waals surface area contributed by atoms with Crippen molar-refractivity contribution in [3.8, 4) is 0 Å². The summed E-state index contributed by atoms with van der Waals surface area (Å²) in [5.74, 6) is 0.164. The lowest BCUT2D eigenvalue weighted by molar-refractivity contribution is -0.125. The molecule has 0 unspecified atom stereocenters. The maximum absolute atomic E-state index is 14.1. The number of halogens is 1. The van der Waals surface area contributed by atoms with Gasteiger partial charge in [-0.15, -0.1) is 0 Å². The monoisotopic (exact) mass is 303 g/mol. The van der Waals surface area contributed by atoms with Crippen LogP contribution >= 0.6 is 0 Å². The van der Waals surface area contributed by atoms with Gasteiger partial charge in [-0.3, -0.25) is 4.79 Å². The minimum Gasteiger partial charge on any atom is -0.342 e. The quantitative estimate of drug-likeness (QED) is 0.943. The molecule has 22 heavy (non-hydrogen) atoms. The highest BCUT2D eigenvalue weighted by atomic mass is 19.1. The first kappa shape index (κ1) is 14.7. The van der Waals surface area contributed by atoms with Crippen molar-refractivity contribution < 1.29 is 13.7 Å². The third-order valence-electron chi connectivity index (χ3n) is 4.03. The van der Waals surface area contributed by atoms with E-state index in [-0.39, 0.29) is 17.6 Å². The maximum atomic E-state index is 14.1. The van der Waals surface area contributed by atoms with Crippen LogP contribution in [0.4, 0.5) is 4.39 Å². The number of hydrogen-bond acceptors (Lipinski definition) is 4. The standard InChI is InChI=1S/C16H18FN3O2/c1-10-18-15(20-22-10)14(12-8-4-5-9-13(12)17)19-16(21)11-6-2-3-7-11/h4-5,8-9,11,14H,2-3,6-7H2,1H3,(H,19,21)/t14-/m1/s1. The van der Waals surface area contributed by atoms with E-state index >= 15 is 0 Å². The topological polar surface area (TPSA) is 68.0 Å². The van der Waals surface area contributed by atoms with Crippen LogP contribution in [0.3, 0.4) is 0 Å². The molecule has 0 radical (unpaired) electrons. The van der Waals surface area contributed by atoms with Gasteiger partial charge in [0.15, 0.2) is 5.82 Å². The van der Waals surface area contributed by atoms with Crippen LogP contribution in [0.25, 0.3) is 0 Å². The number of benzene rings is 1. The molecule has 0 aliphatic heterocycles. The first-order chi connectivity index (χ1) is 10.6. The second-order valence-electron chi connectivity index (χ2n) is 5.62. The molecule has 116 valence electrons. The normalized spacial score (nSPS) is 16.6. The van der Waals surface area contributed by atoms with E-state index in [1.54, 1.807) is 25.1 Å². The average Bonchev–Trinajstić information content (AvgIpc) is 3.17. The van der Waals surface area contributed by atoms with E-state index in [9.17, 15) is 9.18 Å². The van der Waals surface area contributed by atoms with E-state index in [0.717, 1.165) is 25.7 Å². The summed E-state index contributed by atoms with van der Waals surface area (Å²) in [6.45, 7) is 1.66. The third-order valence-corrected chi connectivity index (χ3v) is 4.03. The maximum Gasteiger partial charge on any atom is 0.223 e. The molecule has 1 aliphatic rings. The van der Waals surface area contributed by atoms with Crippen molar-refractivity contribution in [3.63, 3.8) is 0 Å². The van der Waals surface area contributed by atoms with Gasteiger partial charge in [0.1, 0.15) is 11.9 Å². The van der Waals surface area contributed by atoms with Gasteiger partial charge in [-0.05, 0) is 18.9 Å². The van der Waals surface area contributed by atoms with Gasteiger partial charge in [0.05, 0.1) is 0 Å². The smallest absolute Gasteiger partial charge is 0.223 e. The highest BCUT2D eigenvalue weighted by molar-refractivity contribution is 5.79. The van der Waals surface area contributed by atoms with E-state index < -0.39 is 11.9 Å². The Bertz CT molecular complexity index is 665. The number of nitrogens with zero attached hydrogens (tertiary/aromatic N) is 2. The fourth-order valence-corrected chi connectivity index (χ4v) is 2.87. The van der Waals surface area contributed by atoms with Gasteiger partial charge in [-0.1, -0.05) is 36.2 Å². The summed E-state index contributed by atoms with van der Waals surface area (Å²) in [4.78, 5) is 16.5. The Hall–Kier alpha value is -2.24. The lowest BCUT2D eigenvalue weighted by atomic mass is 10.0. The highest BCUT2D eigenvalue weighted by Gasteiger charge is 2.29. The largest absolute Gasteiger partial charge is 0.342 e. The lowest BCUT2D eigenvalue weighted by Gasteiger charge is -2.19. The molecular weight excluding hydrogens is 285 g/mol. The number of carbonyl (C=O) groups excluding carboxylic acids is 1. The molecule has 1 heterocycles. The average molecular weight is 303 g/mol. The predicted octanol–water partition coefficient (Wildman–Crippen LogP) is 2.91. The Kier molecular flexibility index (Phi) is 4.18. The summed E-state index contributed by atoms with van der Waals surface area (Å²) < 4.78 is 19.1. The van der Waals surface area contributed by atoms with Gasteiger partial charge in [0.25, 0.3) is 0 Å². The Morgan fingerprint density at radius 3 is 2.73 bits per heavy atom. The molecule has 2 aromatic rings. The number of aryl methyl sites for hydroxylation is 1. The zero-order chi connectivity index (χ0) is 15.5. The predicted molar refractivity (Wildman–Crippen MR) is 77.4 cm³/mol. The Balaban J connectivity index is 1.89. The first-order valence-electron chi connectivity index (χ1n) is 7.50. The highest BCUT2D eigenvalue weighted by Crippen LogP contribution is 2.28. The van der Waals surface area contributed by atoms with Gasteiger partial charge in [-0.2, -0.15) is 4.98 Å². The van der Waals surface area contributed by atoms with Crippen LogP contribution in [-0.2, 0) is 4.79 Å². The van der Waals surface area contributed by atoms with Gasteiger partial charge in [0, 0.05) is 18.4 Å². The molecule has 1 aromatic heterocycles. The number of hydrogen-bond donors (Lipinski definition) is 1. The van der Waals surface area contributed by atoms with Crippen molar-refractivity contribution in [1.29, 1.82) is 0 Å². The molecule has 1 aromatic carbocycles. The molecule has 0 spiro atoms. The van der Waals surface area contributed by atoms with Crippen LogP contribution in [0.2, 0.25) is 0 Å². The molecule has 0 bridgehead atoms.